The zero-order valence-electron chi connectivity index (χ0n) is 17.3. The van der Waals surface area contributed by atoms with Gasteiger partial charge in [-0.25, -0.2) is 9.18 Å². The minimum absolute atomic E-state index is 0.0415. The lowest BCUT2D eigenvalue weighted by molar-refractivity contribution is -0.134. The van der Waals surface area contributed by atoms with E-state index in [1.165, 1.54) is 24.1 Å². The molecule has 1 saturated heterocycles. The van der Waals surface area contributed by atoms with Crippen LogP contribution in [0.2, 0.25) is 0 Å². The summed E-state index contributed by atoms with van der Waals surface area (Å²) < 4.78 is 13.0. The van der Waals surface area contributed by atoms with Crippen LogP contribution >= 0.6 is 0 Å². The number of rotatable bonds is 9. The zero-order chi connectivity index (χ0) is 20.6. The Morgan fingerprint density at radius 1 is 1.14 bits per heavy atom. The topological polar surface area (TPSA) is 73.5 Å². The Morgan fingerprint density at radius 2 is 1.86 bits per heavy atom. The van der Waals surface area contributed by atoms with Gasteiger partial charge in [-0.1, -0.05) is 12.1 Å². The number of unbranched alkanes of at least 4 members (excludes halogenated alkanes) is 1. The van der Waals surface area contributed by atoms with Crippen molar-refractivity contribution in [3.05, 3.63) is 35.6 Å². The first-order valence-electron chi connectivity index (χ1n) is 10.8. The molecule has 1 aliphatic heterocycles. The molecule has 1 aliphatic carbocycles. The highest BCUT2D eigenvalue weighted by Crippen LogP contribution is 2.40. The molecule has 1 heterocycles. The van der Waals surface area contributed by atoms with Crippen LogP contribution in [0.1, 0.15) is 56.4 Å². The number of hydrogen-bond donors (Lipinski definition) is 3. The first-order chi connectivity index (χ1) is 14.1. The van der Waals surface area contributed by atoms with Gasteiger partial charge in [-0.15, -0.1) is 0 Å². The van der Waals surface area contributed by atoms with Crippen molar-refractivity contribution in [1.29, 1.82) is 0 Å². The summed E-state index contributed by atoms with van der Waals surface area (Å²) in [5.74, 6) is 0.316. The summed E-state index contributed by atoms with van der Waals surface area (Å²) in [6.45, 7) is 2.46. The molecule has 0 radical (unpaired) electrons. The first kappa shape index (κ1) is 21.6. The third kappa shape index (κ3) is 6.42. The molecule has 3 amide bonds. The van der Waals surface area contributed by atoms with Crippen molar-refractivity contribution >= 4 is 11.9 Å². The Morgan fingerprint density at radius 3 is 2.55 bits per heavy atom. The van der Waals surface area contributed by atoms with Gasteiger partial charge in [0.05, 0.1) is 0 Å². The number of amides is 3. The highest BCUT2D eigenvalue weighted by Gasteiger charge is 2.37. The molecule has 2 aliphatic rings. The lowest BCUT2D eigenvalue weighted by Gasteiger charge is -2.30. The van der Waals surface area contributed by atoms with E-state index in [-0.39, 0.29) is 17.8 Å². The zero-order valence-corrected chi connectivity index (χ0v) is 17.3. The molecule has 0 aromatic heterocycles. The van der Waals surface area contributed by atoms with Gasteiger partial charge >= 0.3 is 6.03 Å². The van der Waals surface area contributed by atoms with Gasteiger partial charge in [-0.05, 0) is 69.2 Å². The second-order valence-corrected chi connectivity index (χ2v) is 8.11. The molecule has 0 bridgehead atoms. The number of hydrogen-bond acceptors (Lipinski definition) is 3. The Kier molecular flexibility index (Phi) is 7.86. The van der Waals surface area contributed by atoms with E-state index in [0.717, 1.165) is 51.7 Å². The number of benzene rings is 1. The molecule has 7 heteroatoms. The van der Waals surface area contributed by atoms with Gasteiger partial charge in [0.1, 0.15) is 11.9 Å². The molecule has 0 unspecified atom stereocenters. The van der Waals surface area contributed by atoms with Crippen molar-refractivity contribution in [2.24, 2.45) is 0 Å². The summed E-state index contributed by atoms with van der Waals surface area (Å²) in [6.07, 6.45) is 6.80. The monoisotopic (exact) mass is 404 g/mol. The number of piperidine rings is 1. The molecular weight excluding hydrogens is 371 g/mol. The number of carbonyl (C=O) groups excluding carboxylic acids is 2. The lowest BCUT2D eigenvalue weighted by atomic mass is 10.1. The number of halogens is 1. The molecule has 1 aromatic rings. The van der Waals surface area contributed by atoms with Crippen molar-refractivity contribution in [2.45, 2.75) is 62.9 Å². The highest BCUT2D eigenvalue weighted by molar-refractivity contribution is 5.87. The average molecular weight is 405 g/mol. The minimum atomic E-state index is -0.457. The normalized spacial score (nSPS) is 22.1. The van der Waals surface area contributed by atoms with Crippen LogP contribution in [0.15, 0.2) is 24.3 Å². The van der Waals surface area contributed by atoms with E-state index in [1.807, 2.05) is 17.0 Å². The first-order valence-corrected chi connectivity index (χ1v) is 10.8. The molecule has 3 atom stereocenters. The summed E-state index contributed by atoms with van der Waals surface area (Å²) in [5, 5.41) is 8.91. The Labute approximate surface area is 172 Å². The number of nitrogens with one attached hydrogen (secondary N) is 3. The predicted molar refractivity (Wildman–Crippen MR) is 111 cm³/mol. The van der Waals surface area contributed by atoms with E-state index in [4.69, 9.17) is 0 Å². The van der Waals surface area contributed by atoms with E-state index in [0.29, 0.717) is 18.4 Å². The number of carbonyl (C=O) groups is 2. The molecule has 6 nitrogen and oxygen atoms in total. The van der Waals surface area contributed by atoms with Gasteiger partial charge in [0.25, 0.3) is 0 Å². The van der Waals surface area contributed by atoms with Crippen LogP contribution < -0.4 is 16.0 Å². The summed E-state index contributed by atoms with van der Waals surface area (Å²) in [6, 6.07) is 6.45. The van der Waals surface area contributed by atoms with E-state index in [2.05, 4.69) is 16.0 Å². The highest BCUT2D eigenvalue weighted by atomic mass is 19.1. The van der Waals surface area contributed by atoms with Crippen molar-refractivity contribution in [3.63, 3.8) is 0 Å². The van der Waals surface area contributed by atoms with Crippen molar-refractivity contribution < 1.29 is 14.0 Å². The van der Waals surface area contributed by atoms with Crippen LogP contribution in [0.25, 0.3) is 0 Å². The maximum absolute atomic E-state index is 13.0. The van der Waals surface area contributed by atoms with E-state index >= 15 is 0 Å². The van der Waals surface area contributed by atoms with E-state index < -0.39 is 6.04 Å². The molecule has 1 aromatic carbocycles. The summed E-state index contributed by atoms with van der Waals surface area (Å²) >= 11 is 0. The van der Waals surface area contributed by atoms with Gasteiger partial charge < -0.3 is 20.9 Å². The Bertz CT molecular complexity index is 676. The van der Waals surface area contributed by atoms with E-state index in [1.54, 1.807) is 7.05 Å². The standard InChI is InChI=1S/C22H33FN4O2/c1-24-22(29)26-19(21(28)27-13-5-2-6-14-27)7-3-4-12-25-20-15-18(20)16-8-10-17(23)11-9-16/h8-11,18-20,25H,2-7,12-15H2,1H3,(H2,24,26,29)/t18-,19-,20+/m0/s1. The smallest absolute Gasteiger partial charge is 0.315 e. The molecule has 1 saturated carbocycles. The maximum atomic E-state index is 13.0. The molecule has 29 heavy (non-hydrogen) atoms. The fourth-order valence-electron chi connectivity index (χ4n) is 4.08. The summed E-state index contributed by atoms with van der Waals surface area (Å²) in [4.78, 5) is 26.4. The number of urea groups is 1. The SMILES string of the molecule is CNC(=O)N[C@@H](CCCCN[C@@H]1C[C@H]1c1ccc(F)cc1)C(=O)N1CCCCC1. The number of likely N-dealkylation sites (tertiary alicyclic amines) is 1. The van der Waals surface area contributed by atoms with Crippen LogP contribution in [-0.4, -0.2) is 55.6 Å². The van der Waals surface area contributed by atoms with Crippen LogP contribution in [-0.2, 0) is 4.79 Å². The summed E-state index contributed by atoms with van der Waals surface area (Å²) in [7, 11) is 1.56. The Hall–Kier alpha value is -2.15. The third-order valence-electron chi connectivity index (χ3n) is 5.91. The molecule has 160 valence electrons. The van der Waals surface area contributed by atoms with Crippen LogP contribution in [0.4, 0.5) is 9.18 Å². The fraction of sp³-hybridized carbons (Fsp3) is 0.636. The third-order valence-corrected chi connectivity index (χ3v) is 5.91. The second kappa shape index (κ2) is 10.6. The van der Waals surface area contributed by atoms with Gasteiger partial charge in [-0.2, -0.15) is 0 Å². The fourth-order valence-corrected chi connectivity index (χ4v) is 4.08. The predicted octanol–water partition coefficient (Wildman–Crippen LogP) is 2.75. The molecule has 0 spiro atoms. The van der Waals surface area contributed by atoms with E-state index in [9.17, 15) is 14.0 Å². The number of nitrogens with zero attached hydrogens (tertiary/aromatic N) is 1. The van der Waals surface area contributed by atoms with Gasteiger partial charge in [0.2, 0.25) is 5.91 Å². The average Bonchev–Trinajstić information content (AvgIpc) is 3.52. The van der Waals surface area contributed by atoms with Crippen molar-refractivity contribution in [2.75, 3.05) is 26.7 Å². The molecule has 2 fully saturated rings. The Balaban J connectivity index is 1.37. The van der Waals surface area contributed by atoms with Gasteiger partial charge in [0.15, 0.2) is 0 Å². The molecule has 3 rings (SSSR count). The lowest BCUT2D eigenvalue weighted by Crippen LogP contribution is -2.51. The van der Waals surface area contributed by atoms with Crippen molar-refractivity contribution in [1.82, 2.24) is 20.9 Å². The maximum Gasteiger partial charge on any atom is 0.315 e. The van der Waals surface area contributed by atoms with Crippen molar-refractivity contribution in [3.8, 4) is 0 Å². The van der Waals surface area contributed by atoms with Gasteiger partial charge in [-0.3, -0.25) is 4.79 Å². The second-order valence-electron chi connectivity index (χ2n) is 8.11. The van der Waals surface area contributed by atoms with Crippen LogP contribution in [0.3, 0.4) is 0 Å². The summed E-state index contributed by atoms with van der Waals surface area (Å²) in [5.41, 5.74) is 1.19. The molecular formula is C22H33FN4O2. The molecule has 3 N–H and O–H groups in total. The largest absolute Gasteiger partial charge is 0.341 e. The van der Waals surface area contributed by atoms with Crippen LogP contribution in [0.5, 0.6) is 0 Å². The van der Waals surface area contributed by atoms with Gasteiger partial charge in [0, 0.05) is 32.1 Å². The van der Waals surface area contributed by atoms with Crippen LogP contribution in [0, 0.1) is 5.82 Å². The minimum Gasteiger partial charge on any atom is -0.341 e. The quantitative estimate of drug-likeness (QED) is 0.554.